The highest BCUT2D eigenvalue weighted by Crippen LogP contribution is 2.17. The molecule has 1 heterocycles. The molecule has 1 fully saturated rings. The Bertz CT molecular complexity index is 581. The molecule has 1 aromatic rings. The average Bonchev–Trinajstić information content (AvgIpc) is 2.60. The monoisotopic (exact) mass is 347 g/mol. The first kappa shape index (κ1) is 19.1. The SMILES string of the molecule is Cc1ccccc1OCCCC(=O)N1CCC(NC(=O)N(C)C)CC1. The molecule has 0 spiro atoms. The second-order valence-electron chi connectivity index (χ2n) is 6.72. The van der Waals surface area contributed by atoms with Crippen molar-refractivity contribution >= 4 is 11.9 Å². The minimum absolute atomic E-state index is 0.0712. The summed E-state index contributed by atoms with van der Waals surface area (Å²) in [6.45, 7) is 3.97. The van der Waals surface area contributed by atoms with E-state index < -0.39 is 0 Å². The molecule has 0 bridgehead atoms. The first-order chi connectivity index (χ1) is 12.0. The van der Waals surface area contributed by atoms with Crippen LogP contribution in [0.2, 0.25) is 0 Å². The summed E-state index contributed by atoms with van der Waals surface area (Å²) in [4.78, 5) is 27.4. The first-order valence-electron chi connectivity index (χ1n) is 8.91. The van der Waals surface area contributed by atoms with Crippen LogP contribution in [0.3, 0.4) is 0 Å². The fraction of sp³-hybridized carbons (Fsp3) is 0.579. The summed E-state index contributed by atoms with van der Waals surface area (Å²) in [5, 5.41) is 2.98. The average molecular weight is 347 g/mol. The van der Waals surface area contributed by atoms with Gasteiger partial charge in [0.15, 0.2) is 0 Å². The zero-order chi connectivity index (χ0) is 18.2. The first-order valence-corrected chi connectivity index (χ1v) is 8.91. The summed E-state index contributed by atoms with van der Waals surface area (Å²) >= 11 is 0. The number of para-hydroxylation sites is 1. The number of hydrogen-bond acceptors (Lipinski definition) is 3. The number of piperidine rings is 1. The lowest BCUT2D eigenvalue weighted by Gasteiger charge is -2.33. The second-order valence-corrected chi connectivity index (χ2v) is 6.72. The Hall–Kier alpha value is -2.24. The number of amides is 3. The van der Waals surface area contributed by atoms with Crippen molar-refractivity contribution in [3.8, 4) is 5.75 Å². The molecular formula is C19H29N3O3. The van der Waals surface area contributed by atoms with Crippen LogP contribution in [0.1, 0.15) is 31.2 Å². The van der Waals surface area contributed by atoms with E-state index in [1.807, 2.05) is 36.1 Å². The number of rotatable bonds is 6. The summed E-state index contributed by atoms with van der Waals surface area (Å²) < 4.78 is 5.73. The van der Waals surface area contributed by atoms with E-state index in [1.165, 1.54) is 4.90 Å². The van der Waals surface area contributed by atoms with Gasteiger partial charge in [0.25, 0.3) is 0 Å². The highest BCUT2D eigenvalue weighted by atomic mass is 16.5. The summed E-state index contributed by atoms with van der Waals surface area (Å²) in [6, 6.07) is 7.98. The number of carbonyl (C=O) groups is 2. The minimum Gasteiger partial charge on any atom is -0.493 e. The van der Waals surface area contributed by atoms with E-state index in [0.717, 1.165) is 24.2 Å². The van der Waals surface area contributed by atoms with Gasteiger partial charge < -0.3 is 19.9 Å². The normalized spacial score (nSPS) is 14.9. The van der Waals surface area contributed by atoms with E-state index in [4.69, 9.17) is 4.74 Å². The lowest BCUT2D eigenvalue weighted by molar-refractivity contribution is -0.132. The summed E-state index contributed by atoms with van der Waals surface area (Å²) in [5.74, 6) is 1.05. The van der Waals surface area contributed by atoms with Gasteiger partial charge in [-0.25, -0.2) is 4.79 Å². The Kier molecular flexibility index (Phi) is 7.10. The molecule has 0 aliphatic carbocycles. The van der Waals surface area contributed by atoms with Crippen LogP contribution < -0.4 is 10.1 Å². The standard InChI is InChI=1S/C19H29N3O3/c1-15-7-4-5-8-17(15)25-14-6-9-18(23)22-12-10-16(11-13-22)20-19(24)21(2)3/h4-5,7-8,16H,6,9-14H2,1-3H3,(H,20,24). The Balaban J connectivity index is 1.64. The Morgan fingerprint density at radius 3 is 2.56 bits per heavy atom. The largest absolute Gasteiger partial charge is 0.493 e. The highest BCUT2D eigenvalue weighted by molar-refractivity contribution is 5.76. The van der Waals surface area contributed by atoms with Gasteiger partial charge in [-0.15, -0.1) is 0 Å². The van der Waals surface area contributed by atoms with Crippen molar-refractivity contribution in [3.63, 3.8) is 0 Å². The van der Waals surface area contributed by atoms with Gasteiger partial charge >= 0.3 is 6.03 Å². The molecule has 25 heavy (non-hydrogen) atoms. The molecule has 0 unspecified atom stereocenters. The highest BCUT2D eigenvalue weighted by Gasteiger charge is 2.23. The van der Waals surface area contributed by atoms with Crippen molar-refractivity contribution in [1.82, 2.24) is 15.1 Å². The van der Waals surface area contributed by atoms with Gasteiger partial charge in [-0.3, -0.25) is 4.79 Å². The van der Waals surface area contributed by atoms with Gasteiger partial charge in [0, 0.05) is 39.6 Å². The quantitative estimate of drug-likeness (QED) is 0.804. The maximum Gasteiger partial charge on any atom is 0.317 e. The molecule has 1 N–H and O–H groups in total. The number of nitrogens with zero attached hydrogens (tertiary/aromatic N) is 2. The Labute approximate surface area is 150 Å². The van der Waals surface area contributed by atoms with Crippen LogP contribution >= 0.6 is 0 Å². The number of benzene rings is 1. The second kappa shape index (κ2) is 9.30. The van der Waals surface area contributed by atoms with Crippen molar-refractivity contribution in [3.05, 3.63) is 29.8 Å². The van der Waals surface area contributed by atoms with Gasteiger partial charge in [0.05, 0.1) is 6.61 Å². The molecule has 1 aromatic carbocycles. The number of likely N-dealkylation sites (tertiary alicyclic amines) is 1. The predicted octanol–water partition coefficient (Wildman–Crippen LogP) is 2.42. The van der Waals surface area contributed by atoms with Gasteiger partial charge in [0.2, 0.25) is 5.91 Å². The van der Waals surface area contributed by atoms with E-state index >= 15 is 0 Å². The third-order valence-electron chi connectivity index (χ3n) is 4.47. The van der Waals surface area contributed by atoms with Crippen LogP contribution in [0.5, 0.6) is 5.75 Å². The van der Waals surface area contributed by atoms with E-state index in [9.17, 15) is 9.59 Å². The zero-order valence-corrected chi connectivity index (χ0v) is 15.5. The molecular weight excluding hydrogens is 318 g/mol. The van der Waals surface area contributed by atoms with E-state index in [1.54, 1.807) is 14.1 Å². The van der Waals surface area contributed by atoms with Crippen LogP contribution in [0.25, 0.3) is 0 Å². The number of urea groups is 1. The van der Waals surface area contributed by atoms with E-state index in [2.05, 4.69) is 5.32 Å². The lowest BCUT2D eigenvalue weighted by Crippen LogP contribution is -2.48. The summed E-state index contributed by atoms with van der Waals surface area (Å²) in [5.41, 5.74) is 1.11. The molecule has 0 atom stereocenters. The Morgan fingerprint density at radius 2 is 1.92 bits per heavy atom. The minimum atomic E-state index is -0.0712. The molecule has 0 radical (unpaired) electrons. The number of aryl methyl sites for hydroxylation is 1. The molecule has 2 rings (SSSR count). The molecule has 0 saturated carbocycles. The fourth-order valence-electron chi connectivity index (χ4n) is 2.86. The maximum absolute atomic E-state index is 12.3. The van der Waals surface area contributed by atoms with E-state index in [0.29, 0.717) is 32.5 Å². The number of nitrogens with one attached hydrogen (secondary N) is 1. The third-order valence-corrected chi connectivity index (χ3v) is 4.47. The number of ether oxygens (including phenoxy) is 1. The molecule has 6 heteroatoms. The molecule has 0 aromatic heterocycles. The molecule has 138 valence electrons. The number of carbonyl (C=O) groups excluding carboxylic acids is 2. The van der Waals surface area contributed by atoms with Crippen molar-refractivity contribution in [2.75, 3.05) is 33.8 Å². The third kappa shape index (κ3) is 5.96. The molecule has 6 nitrogen and oxygen atoms in total. The van der Waals surface area contributed by atoms with Crippen molar-refractivity contribution in [1.29, 1.82) is 0 Å². The van der Waals surface area contributed by atoms with Crippen LogP contribution in [0.15, 0.2) is 24.3 Å². The van der Waals surface area contributed by atoms with Gasteiger partial charge in [-0.05, 0) is 37.8 Å². The molecule has 1 aliphatic rings. The number of hydrogen-bond donors (Lipinski definition) is 1. The van der Waals surface area contributed by atoms with Crippen LogP contribution in [0.4, 0.5) is 4.79 Å². The molecule has 3 amide bonds. The zero-order valence-electron chi connectivity index (χ0n) is 15.5. The van der Waals surface area contributed by atoms with E-state index in [-0.39, 0.29) is 18.0 Å². The van der Waals surface area contributed by atoms with Crippen molar-refractivity contribution in [2.45, 2.75) is 38.6 Å². The summed E-state index contributed by atoms with van der Waals surface area (Å²) in [7, 11) is 3.46. The lowest BCUT2D eigenvalue weighted by atomic mass is 10.0. The smallest absolute Gasteiger partial charge is 0.317 e. The molecule has 1 saturated heterocycles. The maximum atomic E-state index is 12.3. The molecule has 1 aliphatic heterocycles. The predicted molar refractivity (Wildman–Crippen MR) is 97.7 cm³/mol. The van der Waals surface area contributed by atoms with Crippen LogP contribution in [0, 0.1) is 6.92 Å². The van der Waals surface area contributed by atoms with Crippen LogP contribution in [-0.4, -0.2) is 61.6 Å². The van der Waals surface area contributed by atoms with Gasteiger partial charge in [0.1, 0.15) is 5.75 Å². The van der Waals surface area contributed by atoms with Crippen LogP contribution in [-0.2, 0) is 4.79 Å². The fourth-order valence-corrected chi connectivity index (χ4v) is 2.86. The topological polar surface area (TPSA) is 61.9 Å². The van der Waals surface area contributed by atoms with Crippen molar-refractivity contribution < 1.29 is 14.3 Å². The van der Waals surface area contributed by atoms with Gasteiger partial charge in [-0.2, -0.15) is 0 Å². The van der Waals surface area contributed by atoms with Crippen molar-refractivity contribution in [2.24, 2.45) is 0 Å². The van der Waals surface area contributed by atoms with Gasteiger partial charge in [-0.1, -0.05) is 18.2 Å². The summed E-state index contributed by atoms with van der Waals surface area (Å²) in [6.07, 6.45) is 2.83. The Morgan fingerprint density at radius 1 is 1.24 bits per heavy atom.